The molecule has 2 N–H and O–H groups in total. The van der Waals surface area contributed by atoms with Gasteiger partial charge in [0.05, 0.1) is 25.3 Å². The summed E-state index contributed by atoms with van der Waals surface area (Å²) in [5, 5.41) is 14.7. The first-order chi connectivity index (χ1) is 17.0. The molecule has 0 aliphatic carbocycles. The molecule has 0 aliphatic heterocycles. The Labute approximate surface area is 202 Å². The molecule has 0 atom stereocenters. The number of aromatic nitrogens is 5. The van der Waals surface area contributed by atoms with E-state index in [9.17, 15) is 0 Å². The van der Waals surface area contributed by atoms with E-state index in [4.69, 9.17) is 18.9 Å². The molecule has 0 radical (unpaired) electrons. The van der Waals surface area contributed by atoms with E-state index in [1.54, 1.807) is 33.5 Å². The van der Waals surface area contributed by atoms with Crippen molar-refractivity contribution in [3.63, 3.8) is 0 Å². The van der Waals surface area contributed by atoms with Crippen molar-refractivity contribution in [3.05, 3.63) is 59.9 Å². The van der Waals surface area contributed by atoms with Crippen molar-refractivity contribution in [2.45, 2.75) is 13.8 Å². The number of aryl methyl sites for hydroxylation is 2. The molecule has 2 aromatic carbocycles. The quantitative estimate of drug-likeness (QED) is 0.343. The number of anilines is 3. The molecule has 0 saturated heterocycles. The third-order valence-corrected chi connectivity index (χ3v) is 5.77. The molecule has 10 nitrogen and oxygen atoms in total. The number of fused-ring (bicyclic) bond motifs is 1. The van der Waals surface area contributed by atoms with Crippen LogP contribution < -0.4 is 20.1 Å². The fraction of sp³-hybridized carbons (Fsp3) is 0.200. The van der Waals surface area contributed by atoms with Crippen LogP contribution >= 0.6 is 0 Å². The second kappa shape index (κ2) is 8.98. The van der Waals surface area contributed by atoms with Gasteiger partial charge in [0.1, 0.15) is 23.0 Å². The minimum atomic E-state index is 0.290. The van der Waals surface area contributed by atoms with E-state index >= 15 is 0 Å². The van der Waals surface area contributed by atoms with Gasteiger partial charge in [-0.05, 0) is 37.1 Å². The third-order valence-electron chi connectivity index (χ3n) is 5.77. The van der Waals surface area contributed by atoms with Crippen molar-refractivity contribution in [2.75, 3.05) is 31.9 Å². The molecule has 5 aromatic rings. The average Bonchev–Trinajstić information content (AvgIpc) is 3.50. The fourth-order valence-electron chi connectivity index (χ4n) is 4.03. The van der Waals surface area contributed by atoms with Gasteiger partial charge in [-0.15, -0.1) is 5.10 Å². The monoisotopic (exact) mass is 471 g/mol. The minimum absolute atomic E-state index is 0.290. The van der Waals surface area contributed by atoms with Crippen LogP contribution in [0.1, 0.15) is 11.1 Å². The molecule has 3 heterocycles. The first-order valence-electron chi connectivity index (χ1n) is 11.0. The molecule has 0 aliphatic rings. The SMILES string of the molecule is CNc1nnc(-c2cc(OC)cc(OC)c2-c2nc3ncccn3c2Nc2c(C)cccc2C)o1. The number of nitrogens with one attached hydrogen (secondary N) is 2. The fourth-order valence-corrected chi connectivity index (χ4v) is 4.03. The number of benzene rings is 2. The summed E-state index contributed by atoms with van der Waals surface area (Å²) in [5.74, 6) is 2.67. The molecule has 0 spiro atoms. The second-order valence-corrected chi connectivity index (χ2v) is 7.91. The van der Waals surface area contributed by atoms with E-state index in [0.717, 1.165) is 22.6 Å². The number of methoxy groups -OCH3 is 2. The summed E-state index contributed by atoms with van der Waals surface area (Å²) in [7, 11) is 4.90. The van der Waals surface area contributed by atoms with Gasteiger partial charge >= 0.3 is 6.01 Å². The van der Waals surface area contributed by atoms with Gasteiger partial charge in [-0.1, -0.05) is 23.3 Å². The number of nitrogens with zero attached hydrogens (tertiary/aromatic N) is 5. The van der Waals surface area contributed by atoms with Gasteiger partial charge in [0, 0.05) is 31.2 Å². The summed E-state index contributed by atoms with van der Waals surface area (Å²) in [5.41, 5.74) is 5.09. The smallest absolute Gasteiger partial charge is 0.315 e. The highest BCUT2D eigenvalue weighted by Gasteiger charge is 2.26. The largest absolute Gasteiger partial charge is 0.497 e. The van der Waals surface area contributed by atoms with Crippen molar-refractivity contribution in [3.8, 4) is 34.2 Å². The third kappa shape index (κ3) is 3.88. The van der Waals surface area contributed by atoms with Gasteiger partial charge in [0.15, 0.2) is 0 Å². The molecule has 0 saturated carbocycles. The predicted molar refractivity (Wildman–Crippen MR) is 134 cm³/mol. The highest BCUT2D eigenvalue weighted by molar-refractivity contribution is 5.92. The molecular weight excluding hydrogens is 446 g/mol. The van der Waals surface area contributed by atoms with Crippen LogP contribution in [0.2, 0.25) is 0 Å². The van der Waals surface area contributed by atoms with E-state index in [2.05, 4.69) is 51.8 Å². The predicted octanol–water partition coefficient (Wildman–Crippen LogP) is 4.87. The Morgan fingerprint density at radius 3 is 2.49 bits per heavy atom. The van der Waals surface area contributed by atoms with Gasteiger partial charge in [-0.3, -0.25) is 4.40 Å². The van der Waals surface area contributed by atoms with Crippen molar-refractivity contribution in [1.29, 1.82) is 0 Å². The Morgan fingerprint density at radius 1 is 1.00 bits per heavy atom. The maximum absolute atomic E-state index is 5.84. The first kappa shape index (κ1) is 22.2. The van der Waals surface area contributed by atoms with Gasteiger partial charge < -0.3 is 24.5 Å². The second-order valence-electron chi connectivity index (χ2n) is 7.91. The summed E-state index contributed by atoms with van der Waals surface area (Å²) < 4.78 is 19.1. The van der Waals surface area contributed by atoms with Crippen LogP contribution in [0.5, 0.6) is 11.5 Å². The number of rotatable bonds is 7. The van der Waals surface area contributed by atoms with Crippen molar-refractivity contribution in [2.24, 2.45) is 0 Å². The zero-order valence-corrected chi connectivity index (χ0v) is 20.1. The van der Waals surface area contributed by atoms with Crippen LogP contribution in [-0.2, 0) is 0 Å². The number of hydrogen-bond acceptors (Lipinski definition) is 9. The molecule has 10 heteroatoms. The maximum Gasteiger partial charge on any atom is 0.315 e. The highest BCUT2D eigenvalue weighted by atomic mass is 16.5. The first-order valence-corrected chi connectivity index (χ1v) is 11.0. The molecule has 178 valence electrons. The van der Waals surface area contributed by atoms with E-state index in [1.807, 2.05) is 28.8 Å². The molecule has 0 amide bonds. The highest BCUT2D eigenvalue weighted by Crippen LogP contribution is 2.45. The number of ether oxygens (including phenoxy) is 2. The summed E-state index contributed by atoms with van der Waals surface area (Å²) in [6.45, 7) is 4.13. The lowest BCUT2D eigenvalue weighted by Gasteiger charge is -2.17. The van der Waals surface area contributed by atoms with Crippen molar-refractivity contribution in [1.82, 2.24) is 24.6 Å². The van der Waals surface area contributed by atoms with Gasteiger partial charge in [0.25, 0.3) is 5.89 Å². The van der Waals surface area contributed by atoms with E-state index < -0.39 is 0 Å². The Hall–Kier alpha value is -4.60. The topological polar surface area (TPSA) is 112 Å². The molecular formula is C25H25N7O3. The van der Waals surface area contributed by atoms with Crippen LogP contribution in [0.4, 0.5) is 17.5 Å². The standard InChI is InChI=1S/C25H25N7O3/c1-14-8-6-9-15(2)20(14)28-22-21(29-24-27-10-7-11-32(22)24)19-17(23-30-31-25(26-3)35-23)12-16(33-4)13-18(19)34-5/h6-13,28H,1-5H3,(H,26,31). The summed E-state index contributed by atoms with van der Waals surface area (Å²) in [4.78, 5) is 9.35. The molecule has 35 heavy (non-hydrogen) atoms. The molecule has 0 fully saturated rings. The van der Waals surface area contributed by atoms with Gasteiger partial charge in [-0.25, -0.2) is 9.97 Å². The van der Waals surface area contributed by atoms with Crippen LogP contribution in [-0.4, -0.2) is 45.8 Å². The number of para-hydroxylation sites is 1. The van der Waals surface area contributed by atoms with Gasteiger partial charge in [0.2, 0.25) is 5.78 Å². The Morgan fingerprint density at radius 2 is 1.80 bits per heavy atom. The number of hydrogen-bond donors (Lipinski definition) is 2. The Balaban J connectivity index is 1.82. The van der Waals surface area contributed by atoms with Crippen LogP contribution in [0.15, 0.2) is 53.2 Å². The lowest BCUT2D eigenvalue weighted by molar-refractivity contribution is 0.395. The normalized spacial score (nSPS) is 11.0. The maximum atomic E-state index is 5.84. The van der Waals surface area contributed by atoms with Gasteiger partial charge in [-0.2, -0.15) is 0 Å². The van der Waals surface area contributed by atoms with Crippen LogP contribution in [0, 0.1) is 13.8 Å². The lowest BCUT2D eigenvalue weighted by Crippen LogP contribution is -2.02. The average molecular weight is 472 g/mol. The zero-order valence-electron chi connectivity index (χ0n) is 20.1. The lowest BCUT2D eigenvalue weighted by atomic mass is 10.0. The summed E-state index contributed by atoms with van der Waals surface area (Å²) in [6.07, 6.45) is 3.62. The Kier molecular flexibility index (Phi) is 5.69. The van der Waals surface area contributed by atoms with E-state index in [-0.39, 0.29) is 0 Å². The van der Waals surface area contributed by atoms with Crippen LogP contribution in [0.3, 0.4) is 0 Å². The minimum Gasteiger partial charge on any atom is -0.497 e. The van der Waals surface area contributed by atoms with Crippen molar-refractivity contribution < 1.29 is 13.9 Å². The van der Waals surface area contributed by atoms with E-state index in [1.165, 1.54) is 0 Å². The Bertz CT molecular complexity index is 1500. The molecule has 5 rings (SSSR count). The van der Waals surface area contributed by atoms with E-state index in [0.29, 0.717) is 46.0 Å². The summed E-state index contributed by atoms with van der Waals surface area (Å²) >= 11 is 0. The van der Waals surface area contributed by atoms with Crippen molar-refractivity contribution >= 4 is 23.3 Å². The molecule has 0 unspecified atom stereocenters. The molecule has 3 aromatic heterocycles. The molecule has 0 bridgehead atoms. The van der Waals surface area contributed by atoms with Crippen LogP contribution in [0.25, 0.3) is 28.5 Å². The summed E-state index contributed by atoms with van der Waals surface area (Å²) in [6, 6.07) is 11.9. The number of imidazole rings is 1. The zero-order chi connectivity index (χ0) is 24.5.